The highest BCUT2D eigenvalue weighted by Gasteiger charge is 2.46. The zero-order valence-corrected chi connectivity index (χ0v) is 12.4. The number of carbonyl (C=O) groups is 2. The fourth-order valence-electron chi connectivity index (χ4n) is 2.78. The van der Waals surface area contributed by atoms with E-state index < -0.39 is 11.5 Å². The summed E-state index contributed by atoms with van der Waals surface area (Å²) in [5.41, 5.74) is 0.169. The number of nitrogens with zero attached hydrogens (tertiary/aromatic N) is 3. The molecule has 20 heavy (non-hydrogen) atoms. The van der Waals surface area contributed by atoms with Gasteiger partial charge in [-0.1, -0.05) is 13.8 Å². The summed E-state index contributed by atoms with van der Waals surface area (Å²) >= 11 is 0. The molecule has 0 aromatic carbocycles. The number of aryl methyl sites for hydroxylation is 1. The third kappa shape index (κ3) is 2.19. The van der Waals surface area contributed by atoms with Gasteiger partial charge in [0.15, 0.2) is 5.69 Å². The summed E-state index contributed by atoms with van der Waals surface area (Å²) in [6.07, 6.45) is 1.19. The van der Waals surface area contributed by atoms with Crippen LogP contribution in [-0.2, 0) is 11.8 Å². The van der Waals surface area contributed by atoms with Gasteiger partial charge in [0.25, 0.3) is 5.91 Å². The Bertz CT molecular complexity index is 550. The average Bonchev–Trinajstić information content (AvgIpc) is 2.93. The molecule has 1 aliphatic heterocycles. The van der Waals surface area contributed by atoms with Gasteiger partial charge in [-0.05, 0) is 31.7 Å². The Balaban J connectivity index is 2.32. The number of carboxylic acids is 1. The smallest absolute Gasteiger partial charge is 0.329 e. The van der Waals surface area contributed by atoms with Gasteiger partial charge in [0.2, 0.25) is 0 Å². The van der Waals surface area contributed by atoms with Gasteiger partial charge in [-0.3, -0.25) is 9.48 Å². The van der Waals surface area contributed by atoms with Crippen LogP contribution >= 0.6 is 0 Å². The quantitative estimate of drug-likeness (QED) is 0.912. The number of carboxylic acid groups (broad SMARTS) is 1. The standard InChI is InChI=1S/C14H21N3O3/c1-9(2)11-8-10(15-16(11)4)12(18)17-7-5-6-14(17,3)13(19)20/h8-9H,5-7H2,1-4H3,(H,19,20). The Morgan fingerprint density at radius 2 is 2.10 bits per heavy atom. The number of aliphatic carboxylic acids is 1. The van der Waals surface area contributed by atoms with Gasteiger partial charge in [0.1, 0.15) is 5.54 Å². The summed E-state index contributed by atoms with van der Waals surface area (Å²) in [6.45, 7) is 6.13. The summed E-state index contributed by atoms with van der Waals surface area (Å²) in [7, 11) is 1.80. The van der Waals surface area contributed by atoms with E-state index in [0.717, 1.165) is 5.69 Å². The highest BCUT2D eigenvalue weighted by Crippen LogP contribution is 2.31. The maximum Gasteiger partial charge on any atom is 0.329 e. The van der Waals surface area contributed by atoms with Crippen molar-refractivity contribution in [1.82, 2.24) is 14.7 Å². The first kappa shape index (κ1) is 14.6. The van der Waals surface area contributed by atoms with Crippen molar-refractivity contribution in [3.05, 3.63) is 17.5 Å². The van der Waals surface area contributed by atoms with E-state index in [4.69, 9.17) is 0 Å². The molecule has 0 spiro atoms. The minimum absolute atomic E-state index is 0.262. The zero-order chi connectivity index (χ0) is 15.1. The van der Waals surface area contributed by atoms with Crippen molar-refractivity contribution < 1.29 is 14.7 Å². The van der Waals surface area contributed by atoms with E-state index in [9.17, 15) is 14.7 Å². The van der Waals surface area contributed by atoms with Crippen molar-refractivity contribution in [2.75, 3.05) is 6.54 Å². The molecule has 2 heterocycles. The monoisotopic (exact) mass is 279 g/mol. The molecule has 6 heteroatoms. The Morgan fingerprint density at radius 1 is 1.45 bits per heavy atom. The molecule has 1 fully saturated rings. The minimum Gasteiger partial charge on any atom is -0.480 e. The van der Waals surface area contributed by atoms with Crippen LogP contribution in [0.1, 0.15) is 55.7 Å². The molecule has 1 aromatic heterocycles. The Morgan fingerprint density at radius 3 is 2.60 bits per heavy atom. The first-order valence-corrected chi connectivity index (χ1v) is 6.86. The lowest BCUT2D eigenvalue weighted by Crippen LogP contribution is -2.50. The molecule has 0 radical (unpaired) electrons. The van der Waals surface area contributed by atoms with Crippen LogP contribution in [-0.4, -0.2) is 43.7 Å². The van der Waals surface area contributed by atoms with Crippen LogP contribution in [0.5, 0.6) is 0 Å². The number of likely N-dealkylation sites (tertiary alicyclic amines) is 1. The molecule has 1 aromatic rings. The molecular formula is C14H21N3O3. The normalized spacial score (nSPS) is 22.6. The lowest BCUT2D eigenvalue weighted by Gasteiger charge is -2.30. The highest BCUT2D eigenvalue weighted by atomic mass is 16.4. The van der Waals surface area contributed by atoms with Crippen LogP contribution in [0.25, 0.3) is 0 Å². The van der Waals surface area contributed by atoms with Gasteiger partial charge >= 0.3 is 5.97 Å². The summed E-state index contributed by atoms with van der Waals surface area (Å²) in [6, 6.07) is 1.76. The average molecular weight is 279 g/mol. The molecule has 1 amide bonds. The third-order valence-corrected chi connectivity index (χ3v) is 4.07. The molecule has 2 rings (SSSR count). The molecule has 110 valence electrons. The first-order chi connectivity index (χ1) is 9.27. The van der Waals surface area contributed by atoms with Gasteiger partial charge in [-0.2, -0.15) is 5.10 Å². The summed E-state index contributed by atoms with van der Waals surface area (Å²) in [4.78, 5) is 25.4. The molecule has 1 unspecified atom stereocenters. The van der Waals surface area contributed by atoms with E-state index in [1.54, 1.807) is 24.7 Å². The van der Waals surface area contributed by atoms with Crippen molar-refractivity contribution in [2.45, 2.75) is 45.1 Å². The number of amides is 1. The van der Waals surface area contributed by atoms with Crippen molar-refractivity contribution in [3.63, 3.8) is 0 Å². The van der Waals surface area contributed by atoms with Crippen molar-refractivity contribution >= 4 is 11.9 Å². The highest BCUT2D eigenvalue weighted by molar-refractivity contribution is 5.96. The Labute approximate surface area is 118 Å². The molecule has 6 nitrogen and oxygen atoms in total. The van der Waals surface area contributed by atoms with Gasteiger partial charge in [-0.25, -0.2) is 4.79 Å². The second kappa shape index (κ2) is 4.92. The number of hydrogen-bond acceptors (Lipinski definition) is 3. The number of aromatic nitrogens is 2. The summed E-state index contributed by atoms with van der Waals surface area (Å²) < 4.78 is 1.69. The van der Waals surface area contributed by atoms with Crippen molar-refractivity contribution in [2.24, 2.45) is 7.05 Å². The predicted molar refractivity (Wildman–Crippen MR) is 73.6 cm³/mol. The molecule has 1 N–H and O–H groups in total. The van der Waals surface area contributed by atoms with Crippen molar-refractivity contribution in [1.29, 1.82) is 0 Å². The molecule has 1 aliphatic rings. The zero-order valence-electron chi connectivity index (χ0n) is 12.4. The van der Waals surface area contributed by atoms with Crippen LogP contribution in [0.15, 0.2) is 6.07 Å². The van der Waals surface area contributed by atoms with Crippen LogP contribution in [0.4, 0.5) is 0 Å². The second-order valence-corrected chi connectivity index (χ2v) is 5.87. The number of hydrogen-bond donors (Lipinski definition) is 1. The largest absolute Gasteiger partial charge is 0.480 e. The van der Waals surface area contributed by atoms with Gasteiger partial charge in [0, 0.05) is 19.3 Å². The fourth-order valence-corrected chi connectivity index (χ4v) is 2.78. The lowest BCUT2D eigenvalue weighted by molar-refractivity contribution is -0.147. The van der Waals surface area contributed by atoms with Crippen LogP contribution in [0.2, 0.25) is 0 Å². The summed E-state index contributed by atoms with van der Waals surface area (Å²) in [5, 5.41) is 13.6. The molecule has 1 atom stereocenters. The van der Waals surface area contributed by atoms with E-state index in [-0.39, 0.29) is 11.8 Å². The van der Waals surface area contributed by atoms with Gasteiger partial charge in [-0.15, -0.1) is 0 Å². The van der Waals surface area contributed by atoms with E-state index in [2.05, 4.69) is 5.10 Å². The molecule has 1 saturated heterocycles. The molecule has 0 aliphatic carbocycles. The van der Waals surface area contributed by atoms with Gasteiger partial charge < -0.3 is 10.0 Å². The van der Waals surface area contributed by atoms with Crippen molar-refractivity contribution in [3.8, 4) is 0 Å². The van der Waals surface area contributed by atoms with Crippen LogP contribution in [0.3, 0.4) is 0 Å². The molecule has 0 bridgehead atoms. The van der Waals surface area contributed by atoms with E-state index in [1.165, 1.54) is 4.90 Å². The topological polar surface area (TPSA) is 75.4 Å². The number of carbonyl (C=O) groups excluding carboxylic acids is 1. The molecular weight excluding hydrogens is 258 g/mol. The summed E-state index contributed by atoms with van der Waals surface area (Å²) in [5.74, 6) is -0.989. The minimum atomic E-state index is -1.12. The maximum atomic E-state index is 12.5. The molecule has 0 saturated carbocycles. The second-order valence-electron chi connectivity index (χ2n) is 5.87. The maximum absolute atomic E-state index is 12.5. The predicted octanol–water partition coefficient (Wildman–Crippen LogP) is 1.62. The van der Waals surface area contributed by atoms with E-state index >= 15 is 0 Å². The first-order valence-electron chi connectivity index (χ1n) is 6.86. The Kier molecular flexibility index (Phi) is 3.58. The fraction of sp³-hybridized carbons (Fsp3) is 0.643. The SMILES string of the molecule is CC(C)c1cc(C(=O)N2CCCC2(C)C(=O)O)nn1C. The number of rotatable bonds is 3. The van der Waals surface area contributed by atoms with Crippen LogP contribution < -0.4 is 0 Å². The van der Waals surface area contributed by atoms with Crippen LogP contribution in [0, 0.1) is 0 Å². The lowest BCUT2D eigenvalue weighted by atomic mass is 9.99. The van der Waals surface area contributed by atoms with Gasteiger partial charge in [0.05, 0.1) is 0 Å². The third-order valence-electron chi connectivity index (χ3n) is 4.07. The Hall–Kier alpha value is -1.85. The van der Waals surface area contributed by atoms with E-state index in [1.807, 2.05) is 13.8 Å². The van der Waals surface area contributed by atoms with E-state index in [0.29, 0.717) is 25.1 Å².